The van der Waals surface area contributed by atoms with Gasteiger partial charge in [-0.15, -0.1) is 0 Å². The Morgan fingerprint density at radius 2 is 2.03 bits per heavy atom. The molecule has 5 rings (SSSR count). The zero-order valence-corrected chi connectivity index (χ0v) is 18.4. The molecule has 1 saturated heterocycles. The first-order valence-corrected chi connectivity index (χ1v) is 10.6. The molecule has 4 heterocycles. The number of alkyl halides is 2. The molecule has 3 aromatic rings. The number of hydrogen-bond donors (Lipinski definition) is 0. The molecule has 170 valence electrons. The van der Waals surface area contributed by atoms with Gasteiger partial charge in [-0.05, 0) is 24.0 Å². The average molecular weight is 445 g/mol. The van der Waals surface area contributed by atoms with Crippen molar-refractivity contribution in [3.8, 4) is 0 Å². The number of carbonyl (C=O) groups excluding carboxylic acids is 1. The van der Waals surface area contributed by atoms with Crippen LogP contribution in [0.25, 0.3) is 11.2 Å². The van der Waals surface area contributed by atoms with E-state index in [-0.39, 0.29) is 42.0 Å². The van der Waals surface area contributed by atoms with Gasteiger partial charge < -0.3 is 9.42 Å². The minimum atomic E-state index is -2.99. The van der Waals surface area contributed by atoms with Crippen molar-refractivity contribution in [2.45, 2.75) is 45.1 Å². The first-order chi connectivity index (χ1) is 15.0. The standard InChI is InChI=1S/C22H25F2N5O3/c1-20(2,3)11-29-14-5-6-16(25-17(14)27(4)19(29)31)21-12-28(9-7-15(21)22(21,23)24)18(30)13-8-10-32-26-13/h5-6,8,10,15H,7,9,11-12H2,1-4H3. The zero-order chi connectivity index (χ0) is 23.1. The molecule has 3 aromatic heterocycles. The molecule has 1 amide bonds. The quantitative estimate of drug-likeness (QED) is 0.619. The highest BCUT2D eigenvalue weighted by atomic mass is 19.3. The van der Waals surface area contributed by atoms with Gasteiger partial charge in [0.2, 0.25) is 0 Å². The van der Waals surface area contributed by atoms with Crippen LogP contribution in [0.5, 0.6) is 0 Å². The summed E-state index contributed by atoms with van der Waals surface area (Å²) in [6, 6.07) is 4.70. The second-order valence-corrected chi connectivity index (χ2v) is 10.1. The van der Waals surface area contributed by atoms with E-state index in [1.807, 2.05) is 20.8 Å². The van der Waals surface area contributed by atoms with Gasteiger partial charge >= 0.3 is 5.69 Å². The maximum atomic E-state index is 15.1. The number of hydrogen-bond acceptors (Lipinski definition) is 5. The molecule has 0 N–H and O–H groups in total. The molecule has 0 spiro atoms. The maximum Gasteiger partial charge on any atom is 0.330 e. The third kappa shape index (κ3) is 2.77. The SMILES string of the molecule is Cn1c(=O)n(CC(C)(C)C)c2ccc(C34CN(C(=O)c5ccon5)CCC3C4(F)F)nc21. The minimum absolute atomic E-state index is 0.0904. The summed E-state index contributed by atoms with van der Waals surface area (Å²) in [7, 11) is 1.60. The largest absolute Gasteiger partial charge is 0.364 e. The number of imidazole rings is 1. The van der Waals surface area contributed by atoms with Crippen LogP contribution >= 0.6 is 0 Å². The van der Waals surface area contributed by atoms with Crippen LogP contribution in [-0.4, -0.2) is 49.1 Å². The van der Waals surface area contributed by atoms with Gasteiger partial charge in [0.05, 0.1) is 11.2 Å². The summed E-state index contributed by atoms with van der Waals surface area (Å²) < 4.78 is 38.1. The number of aryl methyl sites for hydroxylation is 1. The summed E-state index contributed by atoms with van der Waals surface area (Å²) in [4.78, 5) is 31.5. The van der Waals surface area contributed by atoms with E-state index in [1.54, 1.807) is 23.7 Å². The average Bonchev–Trinajstić information content (AvgIpc) is 3.11. The Kier molecular flexibility index (Phi) is 4.23. The molecular weight excluding hydrogens is 420 g/mol. The zero-order valence-electron chi connectivity index (χ0n) is 18.4. The van der Waals surface area contributed by atoms with Gasteiger partial charge in [0, 0.05) is 38.7 Å². The summed E-state index contributed by atoms with van der Waals surface area (Å²) in [6.45, 7) is 6.61. The van der Waals surface area contributed by atoms with E-state index in [0.29, 0.717) is 17.7 Å². The highest BCUT2D eigenvalue weighted by Gasteiger charge is 2.83. The number of amides is 1. The van der Waals surface area contributed by atoms with Gasteiger partial charge in [-0.1, -0.05) is 25.9 Å². The molecule has 32 heavy (non-hydrogen) atoms. The van der Waals surface area contributed by atoms with Crippen molar-refractivity contribution in [3.63, 3.8) is 0 Å². The Balaban J connectivity index is 1.57. The van der Waals surface area contributed by atoms with E-state index in [1.165, 1.54) is 21.8 Å². The Morgan fingerprint density at radius 1 is 1.28 bits per heavy atom. The first kappa shape index (κ1) is 20.8. The number of pyridine rings is 1. The van der Waals surface area contributed by atoms with Crippen molar-refractivity contribution < 1.29 is 18.1 Å². The third-order valence-corrected chi connectivity index (χ3v) is 6.69. The second-order valence-electron chi connectivity index (χ2n) is 10.1. The van der Waals surface area contributed by atoms with Crippen molar-refractivity contribution in [2.75, 3.05) is 13.1 Å². The normalized spacial score (nSPS) is 24.6. The minimum Gasteiger partial charge on any atom is -0.364 e. The molecule has 1 aliphatic heterocycles. The number of carbonyl (C=O) groups is 1. The Bertz CT molecular complexity index is 1270. The van der Waals surface area contributed by atoms with Gasteiger partial charge in [-0.2, -0.15) is 0 Å². The molecule has 10 heteroatoms. The summed E-state index contributed by atoms with van der Waals surface area (Å²) >= 11 is 0. The Labute approximate surface area is 182 Å². The topological polar surface area (TPSA) is 86.2 Å². The molecular formula is C22H25F2N5O3. The molecule has 2 atom stereocenters. The van der Waals surface area contributed by atoms with Gasteiger partial charge in [0.15, 0.2) is 11.3 Å². The highest BCUT2D eigenvalue weighted by Crippen LogP contribution is 2.69. The smallest absolute Gasteiger partial charge is 0.330 e. The molecule has 0 radical (unpaired) electrons. The first-order valence-electron chi connectivity index (χ1n) is 10.6. The lowest BCUT2D eigenvalue weighted by atomic mass is 9.92. The fraction of sp³-hybridized carbons (Fsp3) is 0.545. The van der Waals surface area contributed by atoms with E-state index >= 15 is 8.78 Å². The summed E-state index contributed by atoms with van der Waals surface area (Å²) in [6.07, 6.45) is 1.44. The van der Waals surface area contributed by atoms with Gasteiger partial charge in [0.25, 0.3) is 11.8 Å². The molecule has 2 fully saturated rings. The monoisotopic (exact) mass is 445 g/mol. The Morgan fingerprint density at radius 3 is 2.69 bits per heavy atom. The maximum absolute atomic E-state index is 15.1. The number of rotatable bonds is 3. The predicted molar refractivity (Wildman–Crippen MR) is 112 cm³/mol. The van der Waals surface area contributed by atoms with Crippen LogP contribution in [0, 0.1) is 11.3 Å². The molecule has 2 unspecified atom stereocenters. The van der Waals surface area contributed by atoms with E-state index in [2.05, 4.69) is 10.1 Å². The van der Waals surface area contributed by atoms with Crippen LogP contribution < -0.4 is 5.69 Å². The molecule has 0 bridgehead atoms. The molecule has 1 saturated carbocycles. The molecule has 0 aromatic carbocycles. The van der Waals surface area contributed by atoms with E-state index in [9.17, 15) is 9.59 Å². The fourth-order valence-electron chi connectivity index (χ4n) is 5.08. The van der Waals surface area contributed by atoms with Crippen LogP contribution in [0.1, 0.15) is 43.4 Å². The van der Waals surface area contributed by atoms with Gasteiger partial charge in [0.1, 0.15) is 11.7 Å². The van der Waals surface area contributed by atoms with Crippen LogP contribution in [-0.2, 0) is 19.0 Å². The van der Waals surface area contributed by atoms with E-state index in [0.717, 1.165) is 0 Å². The lowest BCUT2D eigenvalue weighted by Gasteiger charge is -2.31. The van der Waals surface area contributed by atoms with E-state index < -0.39 is 23.2 Å². The lowest BCUT2D eigenvalue weighted by Crippen LogP contribution is -2.44. The molecule has 8 nitrogen and oxygen atoms in total. The Hall–Kier alpha value is -3.04. The number of nitrogens with zero attached hydrogens (tertiary/aromatic N) is 5. The van der Waals surface area contributed by atoms with Crippen molar-refractivity contribution in [2.24, 2.45) is 18.4 Å². The number of likely N-dealkylation sites (tertiary alicyclic amines) is 1. The van der Waals surface area contributed by atoms with E-state index in [4.69, 9.17) is 4.52 Å². The van der Waals surface area contributed by atoms with Gasteiger partial charge in [-0.25, -0.2) is 18.6 Å². The number of halogens is 2. The van der Waals surface area contributed by atoms with Crippen molar-refractivity contribution in [3.05, 3.63) is 46.3 Å². The van der Waals surface area contributed by atoms with Crippen molar-refractivity contribution in [1.82, 2.24) is 24.2 Å². The summed E-state index contributed by atoms with van der Waals surface area (Å²) in [5, 5.41) is 3.65. The number of fused-ring (bicyclic) bond motifs is 2. The van der Waals surface area contributed by atoms with Crippen LogP contribution in [0.15, 0.2) is 33.8 Å². The van der Waals surface area contributed by atoms with Crippen molar-refractivity contribution >= 4 is 17.1 Å². The lowest BCUT2D eigenvalue weighted by molar-refractivity contribution is 0.0618. The summed E-state index contributed by atoms with van der Waals surface area (Å²) in [5.41, 5.74) is -0.667. The second kappa shape index (κ2) is 6.49. The molecule has 2 aliphatic rings. The third-order valence-electron chi connectivity index (χ3n) is 6.69. The molecule has 1 aliphatic carbocycles. The number of aromatic nitrogens is 4. The number of piperidine rings is 1. The van der Waals surface area contributed by atoms with Crippen LogP contribution in [0.3, 0.4) is 0 Å². The summed E-state index contributed by atoms with van der Waals surface area (Å²) in [5.74, 6) is -4.32. The highest BCUT2D eigenvalue weighted by molar-refractivity contribution is 5.92. The fourth-order valence-corrected chi connectivity index (χ4v) is 5.08. The van der Waals surface area contributed by atoms with Crippen LogP contribution in [0.2, 0.25) is 0 Å². The van der Waals surface area contributed by atoms with Crippen LogP contribution in [0.4, 0.5) is 8.78 Å². The predicted octanol–water partition coefficient (Wildman–Crippen LogP) is 2.82. The van der Waals surface area contributed by atoms with Gasteiger partial charge in [-0.3, -0.25) is 13.9 Å². The van der Waals surface area contributed by atoms with Crippen molar-refractivity contribution in [1.29, 1.82) is 0 Å².